The van der Waals surface area contributed by atoms with E-state index in [9.17, 15) is 38.4 Å². The highest BCUT2D eigenvalue weighted by molar-refractivity contribution is 7.88. The van der Waals surface area contributed by atoms with Crippen molar-refractivity contribution >= 4 is 21.9 Å². The van der Waals surface area contributed by atoms with E-state index in [1.807, 2.05) is 54.6 Å². The third-order valence-electron chi connectivity index (χ3n) is 8.40. The molecule has 1 amide bonds. The van der Waals surface area contributed by atoms with E-state index in [2.05, 4.69) is 20.4 Å². The Labute approximate surface area is 294 Å². The fraction of sp³-hybridized carbons (Fsp3) is 0.371. The van der Waals surface area contributed by atoms with Gasteiger partial charge in [-0.2, -0.15) is 0 Å². The number of amides is 1. The second-order valence-electron chi connectivity index (χ2n) is 12.3. The highest BCUT2D eigenvalue weighted by Crippen LogP contribution is 2.34. The highest BCUT2D eigenvalue weighted by atomic mass is 32.2. The summed E-state index contributed by atoms with van der Waals surface area (Å²) in [4.78, 5) is 24.5. The van der Waals surface area contributed by atoms with Gasteiger partial charge in [-0.1, -0.05) is 90.1 Å². The topological polar surface area (TPSA) is 222 Å². The maximum absolute atomic E-state index is 12.6. The van der Waals surface area contributed by atoms with E-state index in [1.165, 1.54) is 0 Å². The Morgan fingerprint density at radius 3 is 2.27 bits per heavy atom. The molecule has 0 spiro atoms. The molecule has 4 aromatic rings. The summed E-state index contributed by atoms with van der Waals surface area (Å²) in [5, 5.41) is 53.9. The van der Waals surface area contributed by atoms with Crippen LogP contribution in [0.3, 0.4) is 0 Å². The summed E-state index contributed by atoms with van der Waals surface area (Å²) in [6, 6.07) is 24.7. The molecule has 0 bridgehead atoms. The van der Waals surface area contributed by atoms with Gasteiger partial charge < -0.3 is 35.2 Å². The first-order valence-corrected chi connectivity index (χ1v) is 17.9. The van der Waals surface area contributed by atoms with Gasteiger partial charge in [0.2, 0.25) is 15.9 Å². The zero-order chi connectivity index (χ0) is 36.6. The van der Waals surface area contributed by atoms with E-state index in [1.54, 1.807) is 41.2 Å². The SMILES string of the molecule is CC(=O)N[C@H]1[C@H]([C@H](O)[C@H](O)CNS(=O)(=O)Cc2ccccc2)O[C@@](OCCCn2cc(-c3ccc(-c4ccccc4)cc3)nn2)(C(=O)O)C[C@@H]1O. The quantitative estimate of drug-likeness (QED) is 0.0901. The number of aromatic nitrogens is 3. The van der Waals surface area contributed by atoms with Gasteiger partial charge in [0, 0.05) is 32.0 Å². The lowest BCUT2D eigenvalue weighted by Crippen LogP contribution is -2.68. The summed E-state index contributed by atoms with van der Waals surface area (Å²) in [6.45, 7) is 0.581. The summed E-state index contributed by atoms with van der Waals surface area (Å²) in [5.41, 5.74) is 4.13. The molecule has 51 heavy (non-hydrogen) atoms. The van der Waals surface area contributed by atoms with Crippen LogP contribution in [0, 0.1) is 0 Å². The third-order valence-corrected chi connectivity index (χ3v) is 9.72. The lowest BCUT2D eigenvalue weighted by molar-refractivity contribution is -0.310. The lowest BCUT2D eigenvalue weighted by Gasteiger charge is -2.46. The van der Waals surface area contributed by atoms with Gasteiger partial charge in [-0.05, 0) is 23.1 Å². The van der Waals surface area contributed by atoms with Crippen LogP contribution in [0.5, 0.6) is 0 Å². The number of ether oxygens (including phenoxy) is 2. The van der Waals surface area contributed by atoms with E-state index in [4.69, 9.17) is 9.47 Å². The summed E-state index contributed by atoms with van der Waals surface area (Å²) < 4.78 is 40.5. The minimum absolute atomic E-state index is 0.185. The number of hydrogen-bond donors (Lipinski definition) is 6. The summed E-state index contributed by atoms with van der Waals surface area (Å²) in [5.74, 6) is -5.10. The number of hydrogen-bond acceptors (Lipinski definition) is 11. The zero-order valence-corrected chi connectivity index (χ0v) is 28.6. The van der Waals surface area contributed by atoms with Crippen molar-refractivity contribution in [3.63, 3.8) is 0 Å². The number of aliphatic carboxylic acids is 1. The van der Waals surface area contributed by atoms with Gasteiger partial charge in [0.15, 0.2) is 0 Å². The number of aryl methyl sites for hydroxylation is 1. The van der Waals surface area contributed by atoms with Gasteiger partial charge in [0.05, 0.1) is 36.8 Å². The van der Waals surface area contributed by atoms with Crippen LogP contribution in [0.1, 0.15) is 25.3 Å². The first kappa shape index (κ1) is 37.7. The number of aliphatic hydroxyl groups excluding tert-OH is 3. The molecular formula is C35H41N5O10S. The second-order valence-corrected chi connectivity index (χ2v) is 14.1. The molecule has 1 saturated heterocycles. The Balaban J connectivity index is 1.20. The van der Waals surface area contributed by atoms with Crippen molar-refractivity contribution in [3.05, 3.63) is 96.7 Å². The normalized spacial score (nSPS) is 21.8. The van der Waals surface area contributed by atoms with E-state index in [0.29, 0.717) is 11.3 Å². The molecule has 2 heterocycles. The van der Waals surface area contributed by atoms with Crippen LogP contribution >= 0.6 is 0 Å². The first-order valence-electron chi connectivity index (χ1n) is 16.3. The molecular weight excluding hydrogens is 682 g/mol. The van der Waals surface area contributed by atoms with Gasteiger partial charge in [0.1, 0.15) is 17.9 Å². The largest absolute Gasteiger partial charge is 0.477 e. The van der Waals surface area contributed by atoms with E-state index in [0.717, 1.165) is 23.6 Å². The van der Waals surface area contributed by atoms with Crippen molar-refractivity contribution in [2.45, 2.75) is 68.3 Å². The van der Waals surface area contributed by atoms with Crippen LogP contribution in [0.2, 0.25) is 0 Å². The van der Waals surface area contributed by atoms with Gasteiger partial charge in [-0.25, -0.2) is 17.9 Å². The highest BCUT2D eigenvalue weighted by Gasteiger charge is 2.55. The molecule has 272 valence electrons. The Hall–Kier alpha value is -4.55. The molecule has 1 aliphatic rings. The average Bonchev–Trinajstić information content (AvgIpc) is 3.59. The van der Waals surface area contributed by atoms with Crippen LogP contribution in [0.25, 0.3) is 22.4 Å². The van der Waals surface area contributed by atoms with Crippen LogP contribution in [0.15, 0.2) is 91.1 Å². The monoisotopic (exact) mass is 723 g/mol. The van der Waals surface area contributed by atoms with Crippen LogP contribution in [-0.2, 0) is 41.4 Å². The Kier molecular flexibility index (Phi) is 12.3. The van der Waals surface area contributed by atoms with Crippen molar-refractivity contribution in [2.75, 3.05) is 13.2 Å². The van der Waals surface area contributed by atoms with Crippen LogP contribution in [0.4, 0.5) is 0 Å². The van der Waals surface area contributed by atoms with Crippen molar-refractivity contribution < 1.29 is 47.9 Å². The number of rotatable bonds is 16. The first-order chi connectivity index (χ1) is 24.4. The van der Waals surface area contributed by atoms with E-state index in [-0.39, 0.29) is 19.6 Å². The summed E-state index contributed by atoms with van der Waals surface area (Å²) in [6.07, 6.45) is -5.73. The fourth-order valence-electron chi connectivity index (χ4n) is 5.81. The van der Waals surface area contributed by atoms with Crippen molar-refractivity contribution in [3.8, 4) is 22.4 Å². The maximum Gasteiger partial charge on any atom is 0.364 e. The number of aliphatic hydroxyl groups is 3. The molecule has 1 aromatic heterocycles. The van der Waals surface area contributed by atoms with E-state index >= 15 is 0 Å². The maximum atomic E-state index is 12.6. The Morgan fingerprint density at radius 2 is 1.63 bits per heavy atom. The second kappa shape index (κ2) is 16.6. The fourth-order valence-corrected chi connectivity index (χ4v) is 6.97. The number of carbonyl (C=O) groups is 2. The number of carboxylic acid groups (broad SMARTS) is 1. The standard InChI is InChI=1S/C35H41N5O10S/c1-23(41)37-31-29(42)19-35(34(45)46,50-33(31)32(44)30(43)20-36-51(47,48)22-24-9-4-2-5-10-24)49-18-8-17-40-21-28(38-39-40)27-15-13-26(14-16-27)25-11-6-3-7-12-25/h2-7,9-16,21,29-33,36,42-44H,8,17-20,22H2,1H3,(H,37,41)(H,45,46)/t29-,30+,31+,32+,33+,35+/m0/s1. The predicted octanol–water partition coefficient (Wildman–Crippen LogP) is 1.30. The molecule has 0 saturated carbocycles. The molecule has 0 radical (unpaired) electrons. The van der Waals surface area contributed by atoms with Crippen molar-refractivity contribution in [2.24, 2.45) is 0 Å². The van der Waals surface area contributed by atoms with Gasteiger partial charge in [0.25, 0.3) is 5.79 Å². The Morgan fingerprint density at radius 1 is 1.00 bits per heavy atom. The smallest absolute Gasteiger partial charge is 0.364 e. The minimum atomic E-state index is -3.95. The molecule has 1 aliphatic heterocycles. The molecule has 15 nitrogen and oxygen atoms in total. The zero-order valence-electron chi connectivity index (χ0n) is 27.8. The molecule has 0 unspecified atom stereocenters. The van der Waals surface area contributed by atoms with Crippen LogP contribution < -0.4 is 10.0 Å². The van der Waals surface area contributed by atoms with Gasteiger partial charge in [-0.15, -0.1) is 5.10 Å². The molecule has 5 rings (SSSR count). The minimum Gasteiger partial charge on any atom is -0.477 e. The number of nitrogens with one attached hydrogen (secondary N) is 2. The molecule has 6 N–H and O–H groups in total. The molecule has 1 fully saturated rings. The third kappa shape index (κ3) is 9.83. The van der Waals surface area contributed by atoms with E-state index < -0.39 is 76.9 Å². The van der Waals surface area contributed by atoms with Crippen molar-refractivity contribution in [1.82, 2.24) is 25.0 Å². The molecule has 0 aliphatic carbocycles. The Bertz CT molecular complexity index is 1860. The summed E-state index contributed by atoms with van der Waals surface area (Å²) >= 11 is 0. The number of benzene rings is 3. The number of sulfonamides is 1. The van der Waals surface area contributed by atoms with Crippen LogP contribution in [-0.4, -0.2) is 105 Å². The molecule has 16 heteroatoms. The number of carbonyl (C=O) groups excluding carboxylic acids is 1. The summed E-state index contributed by atoms with van der Waals surface area (Å²) in [7, 11) is -3.95. The lowest BCUT2D eigenvalue weighted by atomic mass is 9.88. The average molecular weight is 724 g/mol. The molecule has 6 atom stereocenters. The molecule has 3 aromatic carbocycles. The predicted molar refractivity (Wildman–Crippen MR) is 184 cm³/mol. The van der Waals surface area contributed by atoms with Crippen molar-refractivity contribution in [1.29, 1.82) is 0 Å². The van der Waals surface area contributed by atoms with Gasteiger partial charge >= 0.3 is 5.97 Å². The number of nitrogens with zero attached hydrogens (tertiary/aromatic N) is 3. The van der Waals surface area contributed by atoms with Gasteiger partial charge in [-0.3, -0.25) is 9.48 Å². The number of carboxylic acids is 1.